The topological polar surface area (TPSA) is 26.3 Å². The summed E-state index contributed by atoms with van der Waals surface area (Å²) in [6.07, 6.45) is 2.76. The lowest BCUT2D eigenvalue weighted by atomic mass is 10.4. The van der Waals surface area contributed by atoms with Gasteiger partial charge in [-0.1, -0.05) is 31.2 Å². The Morgan fingerprint density at radius 1 is 1.27 bits per heavy atom. The van der Waals surface area contributed by atoms with E-state index in [2.05, 4.69) is 0 Å². The van der Waals surface area contributed by atoms with Gasteiger partial charge in [0.2, 0.25) is 0 Å². The first kappa shape index (κ1) is 12.2. The molecule has 0 aliphatic heterocycles. The van der Waals surface area contributed by atoms with Crippen molar-refractivity contribution in [2.24, 2.45) is 0 Å². The number of benzene rings is 1. The molecule has 0 bridgehead atoms. The van der Waals surface area contributed by atoms with Crippen LogP contribution in [0.2, 0.25) is 0 Å². The number of hydrogen-bond donors (Lipinski definition) is 0. The summed E-state index contributed by atoms with van der Waals surface area (Å²) < 4.78 is 17.9. The smallest absolute Gasteiger partial charge is 0.253 e. The normalized spacial score (nSPS) is 15.3. The fourth-order valence-electron chi connectivity index (χ4n) is 1.28. The molecule has 1 atom stereocenters. The van der Waals surface area contributed by atoms with Crippen molar-refractivity contribution < 1.29 is 9.09 Å². The molecular weight excluding hydrogens is 207 g/mol. The molecule has 15 heavy (non-hydrogen) atoms. The molecule has 0 saturated carbocycles. The van der Waals surface area contributed by atoms with Crippen LogP contribution in [-0.4, -0.2) is 6.61 Å². The maximum atomic E-state index is 12.5. The molecule has 0 aliphatic rings. The van der Waals surface area contributed by atoms with Crippen LogP contribution < -0.4 is 5.30 Å². The molecule has 82 valence electrons. The number of allylic oxidation sites excluding steroid dienone is 1. The minimum absolute atomic E-state index is 0.459. The molecule has 1 rings (SSSR count). The second-order valence-electron chi connectivity index (χ2n) is 3.14. The first-order chi connectivity index (χ1) is 7.23. The van der Waals surface area contributed by atoms with Crippen LogP contribution in [-0.2, 0) is 9.09 Å². The monoisotopic (exact) mass is 224 g/mol. The minimum atomic E-state index is -2.77. The lowest BCUT2D eigenvalue weighted by Gasteiger charge is -2.13. The van der Waals surface area contributed by atoms with Gasteiger partial charge in [0.15, 0.2) is 0 Å². The van der Waals surface area contributed by atoms with E-state index >= 15 is 0 Å². The highest BCUT2D eigenvalue weighted by molar-refractivity contribution is 7.70. The molecule has 1 aromatic carbocycles. The standard InChI is InChI=1S/C12H17O2P/c1-3-5-11-15(13,14-4-2)12-9-7-6-8-10-12/h5-11H,3-4H2,1-2H3/b11-5+. The second-order valence-corrected chi connectivity index (χ2v) is 5.41. The van der Waals surface area contributed by atoms with Crippen molar-refractivity contribution >= 4 is 12.7 Å². The lowest BCUT2D eigenvalue weighted by Crippen LogP contribution is -2.04. The number of hydrogen-bond acceptors (Lipinski definition) is 2. The van der Waals surface area contributed by atoms with E-state index in [9.17, 15) is 4.57 Å². The Morgan fingerprint density at radius 2 is 1.93 bits per heavy atom. The molecule has 0 saturated heterocycles. The van der Waals surface area contributed by atoms with Crippen molar-refractivity contribution in [3.63, 3.8) is 0 Å². The summed E-state index contributed by atoms with van der Waals surface area (Å²) in [6, 6.07) is 9.35. The van der Waals surface area contributed by atoms with Gasteiger partial charge in [-0.05, 0) is 25.5 Å². The van der Waals surface area contributed by atoms with Crippen molar-refractivity contribution in [3.8, 4) is 0 Å². The summed E-state index contributed by atoms with van der Waals surface area (Å²) in [5.74, 6) is 1.70. The Bertz CT molecular complexity index is 357. The molecule has 0 aliphatic carbocycles. The van der Waals surface area contributed by atoms with Crippen molar-refractivity contribution in [2.75, 3.05) is 6.61 Å². The van der Waals surface area contributed by atoms with Crippen LogP contribution in [0.25, 0.3) is 0 Å². The highest BCUT2D eigenvalue weighted by atomic mass is 31.2. The Labute approximate surface area is 91.4 Å². The van der Waals surface area contributed by atoms with E-state index < -0.39 is 7.37 Å². The Balaban J connectivity index is 3.01. The molecule has 2 nitrogen and oxygen atoms in total. The van der Waals surface area contributed by atoms with Gasteiger partial charge in [0.25, 0.3) is 7.37 Å². The molecular formula is C12H17O2P. The minimum Gasteiger partial charge on any atom is -0.323 e. The SMILES string of the molecule is CC/C=C/P(=O)(OCC)c1ccccc1. The largest absolute Gasteiger partial charge is 0.323 e. The van der Waals surface area contributed by atoms with E-state index in [4.69, 9.17) is 4.52 Å². The van der Waals surface area contributed by atoms with Gasteiger partial charge in [-0.25, -0.2) is 0 Å². The fraction of sp³-hybridized carbons (Fsp3) is 0.333. The van der Waals surface area contributed by atoms with Gasteiger partial charge in [0, 0.05) is 11.1 Å². The van der Waals surface area contributed by atoms with Crippen LogP contribution in [0.1, 0.15) is 20.3 Å². The van der Waals surface area contributed by atoms with Gasteiger partial charge >= 0.3 is 0 Å². The molecule has 0 amide bonds. The van der Waals surface area contributed by atoms with Crippen molar-refractivity contribution in [3.05, 3.63) is 42.2 Å². The summed E-state index contributed by atoms with van der Waals surface area (Å²) in [5, 5.41) is 0.761. The van der Waals surface area contributed by atoms with Gasteiger partial charge in [-0.3, -0.25) is 4.57 Å². The highest BCUT2D eigenvalue weighted by Gasteiger charge is 2.20. The molecule has 0 radical (unpaired) electrons. The highest BCUT2D eigenvalue weighted by Crippen LogP contribution is 2.47. The van der Waals surface area contributed by atoms with E-state index in [0.717, 1.165) is 11.7 Å². The summed E-state index contributed by atoms with van der Waals surface area (Å²) in [7, 11) is -2.77. The average Bonchev–Trinajstić information content (AvgIpc) is 2.28. The van der Waals surface area contributed by atoms with Crippen molar-refractivity contribution in [1.82, 2.24) is 0 Å². The summed E-state index contributed by atoms with van der Waals surface area (Å²) in [6.45, 7) is 4.33. The third-order valence-electron chi connectivity index (χ3n) is 1.97. The Kier molecular flexibility index (Phi) is 4.80. The average molecular weight is 224 g/mol. The number of rotatable bonds is 5. The third-order valence-corrected chi connectivity index (χ3v) is 4.24. The fourth-order valence-corrected chi connectivity index (χ4v) is 3.14. The molecule has 0 fully saturated rings. The summed E-state index contributed by atoms with van der Waals surface area (Å²) >= 11 is 0. The molecule has 0 spiro atoms. The van der Waals surface area contributed by atoms with Crippen LogP contribution in [0.4, 0.5) is 0 Å². The van der Waals surface area contributed by atoms with Gasteiger partial charge in [-0.2, -0.15) is 0 Å². The first-order valence-electron chi connectivity index (χ1n) is 5.20. The van der Waals surface area contributed by atoms with Crippen LogP contribution in [0.15, 0.2) is 42.2 Å². The van der Waals surface area contributed by atoms with E-state index in [1.165, 1.54) is 0 Å². The zero-order chi connectivity index (χ0) is 11.1. The van der Waals surface area contributed by atoms with Crippen molar-refractivity contribution in [2.45, 2.75) is 20.3 Å². The molecule has 3 heteroatoms. The third kappa shape index (κ3) is 3.33. The molecule has 1 unspecified atom stereocenters. The molecule has 0 aromatic heterocycles. The van der Waals surface area contributed by atoms with Gasteiger partial charge in [0.05, 0.1) is 6.61 Å². The van der Waals surface area contributed by atoms with E-state index in [1.54, 1.807) is 5.82 Å². The predicted octanol–water partition coefficient (Wildman–Crippen LogP) is 3.55. The Hall–Kier alpha value is -0.850. The second kappa shape index (κ2) is 5.89. The lowest BCUT2D eigenvalue weighted by molar-refractivity contribution is 0.347. The summed E-state index contributed by atoms with van der Waals surface area (Å²) in [5.41, 5.74) is 0. The Morgan fingerprint density at radius 3 is 2.47 bits per heavy atom. The molecule has 0 N–H and O–H groups in total. The van der Waals surface area contributed by atoms with Gasteiger partial charge < -0.3 is 4.52 Å². The quantitative estimate of drug-likeness (QED) is 0.715. The van der Waals surface area contributed by atoms with Crippen molar-refractivity contribution in [1.29, 1.82) is 0 Å². The molecule has 0 heterocycles. The first-order valence-corrected chi connectivity index (χ1v) is 6.90. The summed E-state index contributed by atoms with van der Waals surface area (Å²) in [4.78, 5) is 0. The van der Waals surface area contributed by atoms with Gasteiger partial charge in [0.1, 0.15) is 0 Å². The zero-order valence-corrected chi connectivity index (χ0v) is 10.1. The van der Waals surface area contributed by atoms with E-state index in [1.807, 2.05) is 50.3 Å². The van der Waals surface area contributed by atoms with Crippen LogP contribution in [0.5, 0.6) is 0 Å². The van der Waals surface area contributed by atoms with E-state index in [-0.39, 0.29) is 0 Å². The zero-order valence-electron chi connectivity index (χ0n) is 9.22. The van der Waals surface area contributed by atoms with Crippen LogP contribution in [0, 0.1) is 0 Å². The van der Waals surface area contributed by atoms with E-state index in [0.29, 0.717) is 6.61 Å². The predicted molar refractivity (Wildman–Crippen MR) is 64.7 cm³/mol. The molecule has 1 aromatic rings. The van der Waals surface area contributed by atoms with Gasteiger partial charge in [-0.15, -0.1) is 0 Å². The maximum absolute atomic E-state index is 12.5. The maximum Gasteiger partial charge on any atom is 0.253 e. The van der Waals surface area contributed by atoms with Crippen LogP contribution in [0.3, 0.4) is 0 Å². The van der Waals surface area contributed by atoms with Crippen LogP contribution >= 0.6 is 7.37 Å².